The highest BCUT2D eigenvalue weighted by Gasteiger charge is 2.29. The van der Waals surface area contributed by atoms with E-state index in [-0.39, 0.29) is 0 Å². The molecule has 1 aromatic heterocycles. The van der Waals surface area contributed by atoms with Crippen molar-refractivity contribution in [3.8, 4) is 0 Å². The molecule has 1 aliphatic carbocycles. The highest BCUT2D eigenvalue weighted by molar-refractivity contribution is 7.11. The van der Waals surface area contributed by atoms with Crippen LogP contribution in [0.15, 0.2) is 6.20 Å². The minimum absolute atomic E-state index is 0.359. The van der Waals surface area contributed by atoms with E-state index < -0.39 is 0 Å². The summed E-state index contributed by atoms with van der Waals surface area (Å²) in [5, 5.41) is 4.71. The van der Waals surface area contributed by atoms with E-state index in [0.717, 1.165) is 24.6 Å². The van der Waals surface area contributed by atoms with Crippen molar-refractivity contribution in [1.82, 2.24) is 10.3 Å². The Hall–Kier alpha value is -0.450. The fourth-order valence-electron chi connectivity index (χ4n) is 2.69. The number of thiazole rings is 1. The molecule has 2 rings (SSSR count). The molecule has 96 valence electrons. The van der Waals surface area contributed by atoms with Gasteiger partial charge in [-0.05, 0) is 31.7 Å². The minimum Gasteiger partial charge on any atom is -0.330 e. The monoisotopic (exact) mass is 253 g/mol. The predicted octanol–water partition coefficient (Wildman–Crippen LogP) is 2.45. The Morgan fingerprint density at radius 1 is 1.41 bits per heavy atom. The number of hydrogen-bond donors (Lipinski definition) is 2. The molecule has 0 bridgehead atoms. The van der Waals surface area contributed by atoms with Crippen molar-refractivity contribution in [3.05, 3.63) is 16.1 Å². The van der Waals surface area contributed by atoms with Crippen molar-refractivity contribution in [2.45, 2.75) is 45.6 Å². The van der Waals surface area contributed by atoms with Gasteiger partial charge in [0.15, 0.2) is 0 Å². The molecule has 17 heavy (non-hydrogen) atoms. The van der Waals surface area contributed by atoms with Crippen molar-refractivity contribution in [2.75, 3.05) is 13.1 Å². The fourth-order valence-corrected chi connectivity index (χ4v) is 3.46. The van der Waals surface area contributed by atoms with Crippen LogP contribution in [0.4, 0.5) is 0 Å². The van der Waals surface area contributed by atoms with Crippen LogP contribution in [0.5, 0.6) is 0 Å². The molecule has 3 N–H and O–H groups in total. The van der Waals surface area contributed by atoms with Gasteiger partial charge in [0.1, 0.15) is 0 Å². The third-order valence-corrected chi connectivity index (χ3v) is 4.73. The molecule has 1 fully saturated rings. The summed E-state index contributed by atoms with van der Waals surface area (Å²) in [7, 11) is 0. The Labute approximate surface area is 108 Å². The van der Waals surface area contributed by atoms with Gasteiger partial charge in [-0.25, -0.2) is 4.98 Å². The van der Waals surface area contributed by atoms with Gasteiger partial charge in [-0.3, -0.25) is 0 Å². The van der Waals surface area contributed by atoms with Crippen LogP contribution in [0.1, 0.15) is 42.0 Å². The molecule has 0 spiro atoms. The first-order chi connectivity index (χ1) is 8.24. The highest BCUT2D eigenvalue weighted by Crippen LogP contribution is 2.34. The van der Waals surface area contributed by atoms with Crippen LogP contribution in [-0.4, -0.2) is 18.1 Å². The van der Waals surface area contributed by atoms with E-state index in [1.807, 2.05) is 6.20 Å². The van der Waals surface area contributed by atoms with Gasteiger partial charge in [0.2, 0.25) is 0 Å². The van der Waals surface area contributed by atoms with Crippen LogP contribution in [0, 0.1) is 12.3 Å². The second kappa shape index (κ2) is 5.94. The Bertz CT molecular complexity index is 342. The molecular formula is C13H23N3S. The Morgan fingerprint density at radius 3 is 2.76 bits per heavy atom. The third-order valence-electron chi connectivity index (χ3n) is 3.82. The molecule has 1 aromatic rings. The van der Waals surface area contributed by atoms with Crippen LogP contribution in [-0.2, 0) is 6.54 Å². The summed E-state index contributed by atoms with van der Waals surface area (Å²) >= 11 is 1.78. The van der Waals surface area contributed by atoms with Crippen LogP contribution in [0.25, 0.3) is 0 Å². The average molecular weight is 253 g/mol. The second-order valence-electron chi connectivity index (χ2n) is 5.21. The number of rotatable bonds is 5. The average Bonchev–Trinajstić information content (AvgIpc) is 2.76. The van der Waals surface area contributed by atoms with E-state index in [2.05, 4.69) is 17.2 Å². The zero-order valence-corrected chi connectivity index (χ0v) is 11.5. The molecule has 0 aromatic carbocycles. The van der Waals surface area contributed by atoms with E-state index in [1.54, 1.807) is 11.3 Å². The summed E-state index contributed by atoms with van der Waals surface area (Å²) in [5.41, 5.74) is 6.33. The molecular weight excluding hydrogens is 230 g/mol. The topological polar surface area (TPSA) is 50.9 Å². The molecule has 0 atom stereocenters. The standard InChI is InChI=1S/C13H23N3S/c1-11-16-8-12(17-11)7-15-10-13(9-14)5-3-2-4-6-13/h8,15H,2-7,9-10,14H2,1H3. The number of nitrogens with one attached hydrogen (secondary N) is 1. The third kappa shape index (κ3) is 3.50. The molecule has 3 nitrogen and oxygen atoms in total. The number of nitrogens with two attached hydrogens (primary N) is 1. The lowest BCUT2D eigenvalue weighted by molar-refractivity contribution is 0.191. The maximum atomic E-state index is 5.97. The molecule has 1 heterocycles. The molecule has 1 aliphatic rings. The van der Waals surface area contributed by atoms with Gasteiger partial charge in [-0.15, -0.1) is 11.3 Å². The summed E-state index contributed by atoms with van der Waals surface area (Å²) in [6.45, 7) is 4.87. The van der Waals surface area contributed by atoms with Crippen molar-refractivity contribution < 1.29 is 0 Å². The van der Waals surface area contributed by atoms with Crippen LogP contribution < -0.4 is 11.1 Å². The van der Waals surface area contributed by atoms with Crippen molar-refractivity contribution in [1.29, 1.82) is 0 Å². The zero-order chi connectivity index (χ0) is 12.1. The number of aryl methyl sites for hydroxylation is 1. The van der Waals surface area contributed by atoms with E-state index in [0.29, 0.717) is 5.41 Å². The normalized spacial score (nSPS) is 19.4. The van der Waals surface area contributed by atoms with E-state index in [4.69, 9.17) is 5.73 Å². The summed E-state index contributed by atoms with van der Waals surface area (Å²) in [6.07, 6.45) is 8.63. The first-order valence-electron chi connectivity index (χ1n) is 6.56. The lowest BCUT2D eigenvalue weighted by Gasteiger charge is -2.36. The van der Waals surface area contributed by atoms with Crippen LogP contribution >= 0.6 is 11.3 Å². The number of aromatic nitrogens is 1. The van der Waals surface area contributed by atoms with E-state index in [1.165, 1.54) is 37.0 Å². The van der Waals surface area contributed by atoms with Crippen LogP contribution in [0.2, 0.25) is 0 Å². The smallest absolute Gasteiger partial charge is 0.0897 e. The molecule has 0 saturated heterocycles. The molecule has 0 radical (unpaired) electrons. The largest absolute Gasteiger partial charge is 0.330 e. The van der Waals surface area contributed by atoms with Gasteiger partial charge >= 0.3 is 0 Å². The summed E-state index contributed by atoms with van der Waals surface area (Å²) in [5.74, 6) is 0. The maximum Gasteiger partial charge on any atom is 0.0897 e. The summed E-state index contributed by atoms with van der Waals surface area (Å²) < 4.78 is 0. The van der Waals surface area contributed by atoms with Gasteiger partial charge in [0.25, 0.3) is 0 Å². The summed E-state index contributed by atoms with van der Waals surface area (Å²) in [6, 6.07) is 0. The van der Waals surface area contributed by atoms with Crippen molar-refractivity contribution in [3.63, 3.8) is 0 Å². The highest BCUT2D eigenvalue weighted by atomic mass is 32.1. The van der Waals surface area contributed by atoms with Gasteiger partial charge in [0.05, 0.1) is 5.01 Å². The van der Waals surface area contributed by atoms with E-state index >= 15 is 0 Å². The SMILES string of the molecule is Cc1ncc(CNCC2(CN)CCCCC2)s1. The first-order valence-corrected chi connectivity index (χ1v) is 7.38. The Morgan fingerprint density at radius 2 is 2.18 bits per heavy atom. The van der Waals surface area contributed by atoms with E-state index in [9.17, 15) is 0 Å². The minimum atomic E-state index is 0.359. The molecule has 1 saturated carbocycles. The lowest BCUT2D eigenvalue weighted by Crippen LogP contribution is -2.41. The van der Waals surface area contributed by atoms with Crippen molar-refractivity contribution in [2.24, 2.45) is 11.1 Å². The van der Waals surface area contributed by atoms with Gasteiger partial charge in [-0.2, -0.15) is 0 Å². The second-order valence-corrected chi connectivity index (χ2v) is 6.53. The van der Waals surface area contributed by atoms with Crippen LogP contribution in [0.3, 0.4) is 0 Å². The number of hydrogen-bond acceptors (Lipinski definition) is 4. The zero-order valence-electron chi connectivity index (χ0n) is 10.7. The van der Waals surface area contributed by atoms with Crippen molar-refractivity contribution >= 4 is 11.3 Å². The molecule has 0 amide bonds. The van der Waals surface area contributed by atoms with Gasteiger partial charge < -0.3 is 11.1 Å². The lowest BCUT2D eigenvalue weighted by atomic mass is 9.74. The molecule has 4 heteroatoms. The predicted molar refractivity (Wildman–Crippen MR) is 73.1 cm³/mol. The maximum absolute atomic E-state index is 5.97. The quantitative estimate of drug-likeness (QED) is 0.847. The number of nitrogens with zero attached hydrogens (tertiary/aromatic N) is 1. The molecule has 0 aliphatic heterocycles. The van der Waals surface area contributed by atoms with Gasteiger partial charge in [0, 0.05) is 24.2 Å². The summed E-state index contributed by atoms with van der Waals surface area (Å²) in [4.78, 5) is 5.60. The molecule has 0 unspecified atom stereocenters. The fraction of sp³-hybridized carbons (Fsp3) is 0.769. The van der Waals surface area contributed by atoms with Gasteiger partial charge in [-0.1, -0.05) is 19.3 Å². The Kier molecular flexibility index (Phi) is 4.54. The first kappa shape index (κ1) is 13.0. The Balaban J connectivity index is 1.79.